The Bertz CT molecular complexity index is 967. The van der Waals surface area contributed by atoms with Crippen LogP contribution in [-0.4, -0.2) is 37.1 Å². The standard InChI is InChI=1S/C26H28N2O3/c29-24(10-7-22-4-3-13-27-19-22)18-21-8-11-25(12-9-21)31-20-23-5-1-2-6-26(23)28-14-16-30-17-15-28/h1-6,8-9,11-13,19H,7,10,14-18,20H2. The summed E-state index contributed by atoms with van der Waals surface area (Å²) in [6.45, 7) is 3.84. The van der Waals surface area contributed by atoms with E-state index in [1.54, 1.807) is 6.20 Å². The number of hydrogen-bond donors (Lipinski definition) is 0. The van der Waals surface area contributed by atoms with E-state index in [0.29, 0.717) is 19.4 Å². The monoisotopic (exact) mass is 416 g/mol. The highest BCUT2D eigenvalue weighted by Gasteiger charge is 2.14. The largest absolute Gasteiger partial charge is 0.489 e. The lowest BCUT2D eigenvalue weighted by atomic mass is 10.0. The number of ketones is 1. The summed E-state index contributed by atoms with van der Waals surface area (Å²) in [4.78, 5) is 18.7. The number of carbonyl (C=O) groups excluding carboxylic acids is 1. The highest BCUT2D eigenvalue weighted by Crippen LogP contribution is 2.23. The molecule has 31 heavy (non-hydrogen) atoms. The molecule has 0 bridgehead atoms. The molecule has 5 heteroatoms. The third kappa shape index (κ3) is 6.15. The van der Waals surface area contributed by atoms with E-state index in [4.69, 9.17) is 9.47 Å². The topological polar surface area (TPSA) is 51.7 Å². The number of rotatable bonds is 9. The van der Waals surface area contributed by atoms with Crippen LogP contribution in [0.5, 0.6) is 5.75 Å². The maximum atomic E-state index is 12.3. The molecule has 0 unspecified atom stereocenters. The zero-order chi connectivity index (χ0) is 21.3. The Morgan fingerprint density at radius 2 is 1.77 bits per heavy atom. The Morgan fingerprint density at radius 1 is 0.968 bits per heavy atom. The summed E-state index contributed by atoms with van der Waals surface area (Å²) in [7, 11) is 0. The highest BCUT2D eigenvalue weighted by molar-refractivity contribution is 5.81. The molecule has 2 heterocycles. The van der Waals surface area contributed by atoms with Crippen LogP contribution in [0.4, 0.5) is 5.69 Å². The van der Waals surface area contributed by atoms with Crippen molar-refractivity contribution in [1.82, 2.24) is 4.98 Å². The Labute approximate surface area is 183 Å². The van der Waals surface area contributed by atoms with E-state index in [0.717, 1.165) is 49.6 Å². The molecule has 0 atom stereocenters. The molecule has 1 saturated heterocycles. The SMILES string of the molecule is O=C(CCc1cccnc1)Cc1ccc(OCc2ccccc2N2CCOCC2)cc1. The van der Waals surface area contributed by atoms with Crippen LogP contribution in [0.2, 0.25) is 0 Å². The van der Waals surface area contributed by atoms with Gasteiger partial charge in [0.2, 0.25) is 0 Å². The molecule has 3 aromatic rings. The minimum atomic E-state index is 0.233. The number of nitrogens with zero attached hydrogens (tertiary/aromatic N) is 2. The maximum Gasteiger partial charge on any atom is 0.137 e. The van der Waals surface area contributed by atoms with Crippen LogP contribution in [0.3, 0.4) is 0 Å². The first-order valence-electron chi connectivity index (χ1n) is 10.8. The molecule has 0 amide bonds. The van der Waals surface area contributed by atoms with E-state index in [9.17, 15) is 4.79 Å². The number of morpholine rings is 1. The normalized spacial score (nSPS) is 13.7. The molecule has 160 valence electrons. The van der Waals surface area contributed by atoms with Gasteiger partial charge in [0, 0.05) is 49.6 Å². The van der Waals surface area contributed by atoms with Crippen LogP contribution in [-0.2, 0) is 29.0 Å². The molecule has 1 aliphatic rings. The van der Waals surface area contributed by atoms with Crippen molar-refractivity contribution in [2.45, 2.75) is 25.9 Å². The van der Waals surface area contributed by atoms with Crippen molar-refractivity contribution in [3.63, 3.8) is 0 Å². The number of ether oxygens (including phenoxy) is 2. The molecule has 1 aliphatic heterocycles. The quantitative estimate of drug-likeness (QED) is 0.522. The van der Waals surface area contributed by atoms with Crippen molar-refractivity contribution in [2.75, 3.05) is 31.2 Å². The van der Waals surface area contributed by atoms with Crippen molar-refractivity contribution in [1.29, 1.82) is 0 Å². The zero-order valence-electron chi connectivity index (χ0n) is 17.7. The van der Waals surface area contributed by atoms with E-state index < -0.39 is 0 Å². The second-order valence-corrected chi connectivity index (χ2v) is 7.74. The van der Waals surface area contributed by atoms with E-state index in [-0.39, 0.29) is 5.78 Å². The maximum absolute atomic E-state index is 12.3. The zero-order valence-corrected chi connectivity index (χ0v) is 17.7. The van der Waals surface area contributed by atoms with Crippen LogP contribution in [0.15, 0.2) is 73.1 Å². The van der Waals surface area contributed by atoms with Gasteiger partial charge in [0.25, 0.3) is 0 Å². The number of anilines is 1. The van der Waals surface area contributed by atoms with Crippen molar-refractivity contribution >= 4 is 11.5 Å². The number of hydrogen-bond acceptors (Lipinski definition) is 5. The van der Waals surface area contributed by atoms with E-state index >= 15 is 0 Å². The average molecular weight is 417 g/mol. The molecular weight excluding hydrogens is 388 g/mol. The van der Waals surface area contributed by atoms with E-state index in [1.807, 2.05) is 48.7 Å². The number of pyridine rings is 1. The van der Waals surface area contributed by atoms with Gasteiger partial charge in [0.05, 0.1) is 13.2 Å². The predicted molar refractivity (Wildman–Crippen MR) is 122 cm³/mol. The molecule has 1 fully saturated rings. The average Bonchev–Trinajstić information content (AvgIpc) is 2.84. The first-order valence-corrected chi connectivity index (χ1v) is 10.8. The summed E-state index contributed by atoms with van der Waals surface area (Å²) in [5, 5.41) is 0. The van der Waals surface area contributed by atoms with Gasteiger partial charge in [-0.3, -0.25) is 9.78 Å². The third-order valence-corrected chi connectivity index (χ3v) is 5.48. The summed E-state index contributed by atoms with van der Waals surface area (Å²) in [5.41, 5.74) is 4.48. The molecule has 0 saturated carbocycles. The summed E-state index contributed by atoms with van der Waals surface area (Å²) in [6, 6.07) is 20.1. The van der Waals surface area contributed by atoms with Crippen molar-refractivity contribution in [2.24, 2.45) is 0 Å². The molecule has 0 aliphatic carbocycles. The molecule has 0 N–H and O–H groups in total. The van der Waals surface area contributed by atoms with Gasteiger partial charge in [-0.25, -0.2) is 0 Å². The fourth-order valence-electron chi connectivity index (χ4n) is 3.76. The summed E-state index contributed by atoms with van der Waals surface area (Å²) in [6.07, 6.45) is 5.27. The summed E-state index contributed by atoms with van der Waals surface area (Å²) in [5.74, 6) is 1.04. The minimum absolute atomic E-state index is 0.233. The second kappa shape index (κ2) is 10.7. The lowest BCUT2D eigenvalue weighted by Crippen LogP contribution is -2.36. The van der Waals surface area contributed by atoms with Crippen LogP contribution in [0.25, 0.3) is 0 Å². The minimum Gasteiger partial charge on any atom is -0.489 e. The Kier molecular flexibility index (Phi) is 7.29. The number of para-hydroxylation sites is 1. The van der Waals surface area contributed by atoms with Gasteiger partial charge in [0.1, 0.15) is 18.1 Å². The van der Waals surface area contributed by atoms with Gasteiger partial charge in [-0.05, 0) is 41.8 Å². The third-order valence-electron chi connectivity index (χ3n) is 5.48. The molecule has 2 aromatic carbocycles. The van der Waals surface area contributed by atoms with Crippen LogP contribution in [0, 0.1) is 0 Å². The molecule has 1 aromatic heterocycles. The number of carbonyl (C=O) groups is 1. The molecule has 0 radical (unpaired) electrons. The van der Waals surface area contributed by atoms with Crippen LogP contribution in [0.1, 0.15) is 23.1 Å². The van der Waals surface area contributed by atoms with Crippen LogP contribution >= 0.6 is 0 Å². The van der Waals surface area contributed by atoms with E-state index in [1.165, 1.54) is 11.3 Å². The summed E-state index contributed by atoms with van der Waals surface area (Å²) >= 11 is 0. The van der Waals surface area contributed by atoms with Gasteiger partial charge in [-0.1, -0.05) is 36.4 Å². The van der Waals surface area contributed by atoms with Crippen molar-refractivity contribution in [3.8, 4) is 5.75 Å². The van der Waals surface area contributed by atoms with Gasteiger partial charge >= 0.3 is 0 Å². The van der Waals surface area contributed by atoms with Gasteiger partial charge in [0.15, 0.2) is 0 Å². The highest BCUT2D eigenvalue weighted by atomic mass is 16.5. The lowest BCUT2D eigenvalue weighted by Gasteiger charge is -2.30. The smallest absolute Gasteiger partial charge is 0.137 e. The predicted octanol–water partition coefficient (Wildman–Crippen LogP) is 4.24. The number of aromatic nitrogens is 1. The molecule has 4 rings (SSSR count). The van der Waals surface area contributed by atoms with E-state index in [2.05, 4.69) is 28.1 Å². The fraction of sp³-hybridized carbons (Fsp3) is 0.308. The molecule has 0 spiro atoms. The second-order valence-electron chi connectivity index (χ2n) is 7.74. The van der Waals surface area contributed by atoms with Crippen LogP contribution < -0.4 is 9.64 Å². The first kappa shape index (κ1) is 21.1. The van der Waals surface area contributed by atoms with Gasteiger partial charge in [-0.2, -0.15) is 0 Å². The molecular formula is C26H28N2O3. The first-order chi connectivity index (χ1) is 15.3. The Morgan fingerprint density at radius 3 is 2.55 bits per heavy atom. The van der Waals surface area contributed by atoms with Crippen molar-refractivity contribution in [3.05, 3.63) is 89.7 Å². The fourth-order valence-corrected chi connectivity index (χ4v) is 3.76. The Balaban J connectivity index is 1.29. The number of Topliss-reactive ketones (excluding diaryl/α,β-unsaturated/α-hetero) is 1. The van der Waals surface area contributed by atoms with Gasteiger partial charge < -0.3 is 14.4 Å². The molecule has 5 nitrogen and oxygen atoms in total. The summed E-state index contributed by atoms with van der Waals surface area (Å²) < 4.78 is 11.5. The lowest BCUT2D eigenvalue weighted by molar-refractivity contribution is -0.118. The van der Waals surface area contributed by atoms with Crippen molar-refractivity contribution < 1.29 is 14.3 Å². The number of benzene rings is 2. The van der Waals surface area contributed by atoms with Gasteiger partial charge in [-0.15, -0.1) is 0 Å². The number of aryl methyl sites for hydroxylation is 1. The Hall–Kier alpha value is -3.18.